The summed E-state index contributed by atoms with van der Waals surface area (Å²) in [6.07, 6.45) is -3.66. The van der Waals surface area contributed by atoms with Crippen LogP contribution in [0, 0.1) is 0 Å². The van der Waals surface area contributed by atoms with E-state index in [0.29, 0.717) is 18.5 Å². The van der Waals surface area contributed by atoms with Gasteiger partial charge in [-0.25, -0.2) is 0 Å². The van der Waals surface area contributed by atoms with Crippen LogP contribution in [0.1, 0.15) is 25.7 Å². The molecule has 1 amide bonds. The standard InChI is InChI=1S/C14H14F3N3O3/c1-3-4-11(21)18-9-6-5-8(7-10(9)22-2)12-19-13(23-20-12)14(15,16)17/h5-7H,3-4H2,1-2H3,(H,18,21). The number of benzene rings is 1. The summed E-state index contributed by atoms with van der Waals surface area (Å²) in [6, 6.07) is 4.40. The van der Waals surface area contributed by atoms with E-state index in [1.807, 2.05) is 6.92 Å². The summed E-state index contributed by atoms with van der Waals surface area (Å²) in [7, 11) is 1.38. The van der Waals surface area contributed by atoms with Gasteiger partial charge in [0.1, 0.15) is 5.75 Å². The lowest BCUT2D eigenvalue weighted by Gasteiger charge is -2.10. The molecule has 1 aromatic heterocycles. The number of amides is 1. The molecule has 0 atom stereocenters. The second kappa shape index (κ2) is 6.67. The van der Waals surface area contributed by atoms with Gasteiger partial charge in [0.2, 0.25) is 11.7 Å². The molecule has 124 valence electrons. The second-order valence-electron chi connectivity index (χ2n) is 4.63. The molecular weight excluding hydrogens is 315 g/mol. The van der Waals surface area contributed by atoms with E-state index >= 15 is 0 Å². The Kier molecular flexibility index (Phi) is 4.87. The number of carbonyl (C=O) groups is 1. The minimum atomic E-state index is -4.70. The molecule has 1 heterocycles. The average Bonchev–Trinajstić information content (AvgIpc) is 2.98. The summed E-state index contributed by atoms with van der Waals surface area (Å²) < 4.78 is 46.7. The van der Waals surface area contributed by atoms with Crippen molar-refractivity contribution in [2.45, 2.75) is 25.9 Å². The topological polar surface area (TPSA) is 77.3 Å². The van der Waals surface area contributed by atoms with Crippen molar-refractivity contribution >= 4 is 11.6 Å². The lowest BCUT2D eigenvalue weighted by Crippen LogP contribution is -2.11. The fourth-order valence-electron chi connectivity index (χ4n) is 1.83. The number of nitrogens with one attached hydrogen (secondary N) is 1. The lowest BCUT2D eigenvalue weighted by molar-refractivity contribution is -0.159. The van der Waals surface area contributed by atoms with Crippen LogP contribution in [0.15, 0.2) is 22.7 Å². The minimum absolute atomic E-state index is 0.183. The highest BCUT2D eigenvalue weighted by Crippen LogP contribution is 2.32. The highest BCUT2D eigenvalue weighted by Gasteiger charge is 2.38. The van der Waals surface area contributed by atoms with Crippen molar-refractivity contribution < 1.29 is 27.2 Å². The average molecular weight is 329 g/mol. The number of halogens is 3. The molecule has 0 fully saturated rings. The van der Waals surface area contributed by atoms with Crippen LogP contribution in [0.3, 0.4) is 0 Å². The van der Waals surface area contributed by atoms with E-state index in [9.17, 15) is 18.0 Å². The van der Waals surface area contributed by atoms with Gasteiger partial charge in [-0.3, -0.25) is 4.79 Å². The first-order valence-electron chi connectivity index (χ1n) is 6.74. The molecule has 2 aromatic rings. The smallest absolute Gasteiger partial charge is 0.471 e. The SMILES string of the molecule is CCCC(=O)Nc1ccc(-c2noc(C(F)(F)F)n2)cc1OC. The van der Waals surface area contributed by atoms with Crippen LogP contribution in [-0.2, 0) is 11.0 Å². The van der Waals surface area contributed by atoms with Crippen LogP contribution in [0.2, 0.25) is 0 Å². The van der Waals surface area contributed by atoms with Crippen molar-refractivity contribution in [3.63, 3.8) is 0 Å². The van der Waals surface area contributed by atoms with Crippen molar-refractivity contribution in [2.75, 3.05) is 12.4 Å². The van der Waals surface area contributed by atoms with E-state index in [0.717, 1.165) is 0 Å². The monoisotopic (exact) mass is 329 g/mol. The van der Waals surface area contributed by atoms with Gasteiger partial charge in [-0.2, -0.15) is 18.2 Å². The number of hydrogen-bond donors (Lipinski definition) is 1. The number of ether oxygens (including phenoxy) is 1. The van der Waals surface area contributed by atoms with E-state index in [4.69, 9.17) is 4.74 Å². The first-order valence-corrected chi connectivity index (χ1v) is 6.74. The predicted molar refractivity (Wildman–Crippen MR) is 74.8 cm³/mol. The Hall–Kier alpha value is -2.58. The molecule has 6 nitrogen and oxygen atoms in total. The zero-order valence-corrected chi connectivity index (χ0v) is 12.4. The van der Waals surface area contributed by atoms with Gasteiger partial charge in [-0.15, -0.1) is 0 Å². The summed E-state index contributed by atoms with van der Waals surface area (Å²) in [5, 5.41) is 5.96. The maximum atomic E-state index is 12.5. The van der Waals surface area contributed by atoms with Gasteiger partial charge in [-0.05, 0) is 24.6 Å². The molecule has 0 aliphatic heterocycles. The molecule has 0 bridgehead atoms. The van der Waals surface area contributed by atoms with Crippen molar-refractivity contribution in [3.8, 4) is 17.1 Å². The molecule has 0 unspecified atom stereocenters. The van der Waals surface area contributed by atoms with Gasteiger partial charge in [-0.1, -0.05) is 12.1 Å². The molecule has 0 spiro atoms. The third-order valence-corrected chi connectivity index (χ3v) is 2.88. The Morgan fingerprint density at radius 3 is 2.70 bits per heavy atom. The van der Waals surface area contributed by atoms with E-state index < -0.39 is 12.1 Å². The van der Waals surface area contributed by atoms with Crippen LogP contribution in [0.25, 0.3) is 11.4 Å². The number of nitrogens with zero attached hydrogens (tertiary/aromatic N) is 2. The van der Waals surface area contributed by atoms with Gasteiger partial charge >= 0.3 is 12.1 Å². The number of carbonyl (C=O) groups excluding carboxylic acids is 1. The van der Waals surface area contributed by atoms with Gasteiger partial charge in [0.25, 0.3) is 0 Å². The van der Waals surface area contributed by atoms with E-state index in [2.05, 4.69) is 20.0 Å². The largest absolute Gasteiger partial charge is 0.495 e. The zero-order valence-electron chi connectivity index (χ0n) is 12.4. The van der Waals surface area contributed by atoms with E-state index in [-0.39, 0.29) is 23.0 Å². The van der Waals surface area contributed by atoms with Crippen LogP contribution in [0.4, 0.5) is 18.9 Å². The van der Waals surface area contributed by atoms with Gasteiger partial charge in [0.15, 0.2) is 0 Å². The highest BCUT2D eigenvalue weighted by molar-refractivity contribution is 5.92. The van der Waals surface area contributed by atoms with E-state index in [1.54, 1.807) is 0 Å². The third-order valence-electron chi connectivity index (χ3n) is 2.88. The highest BCUT2D eigenvalue weighted by atomic mass is 19.4. The van der Waals surface area contributed by atoms with Crippen molar-refractivity contribution in [3.05, 3.63) is 24.1 Å². The first-order chi connectivity index (χ1) is 10.8. The molecule has 9 heteroatoms. The van der Waals surface area contributed by atoms with Crippen LogP contribution < -0.4 is 10.1 Å². The molecule has 23 heavy (non-hydrogen) atoms. The molecule has 1 N–H and O–H groups in total. The molecule has 0 radical (unpaired) electrons. The van der Waals surface area contributed by atoms with Crippen LogP contribution >= 0.6 is 0 Å². The van der Waals surface area contributed by atoms with Crippen molar-refractivity contribution in [1.29, 1.82) is 0 Å². The zero-order chi connectivity index (χ0) is 17.0. The molecule has 0 aliphatic carbocycles. The summed E-state index contributed by atoms with van der Waals surface area (Å²) in [6.45, 7) is 1.87. The van der Waals surface area contributed by atoms with Crippen molar-refractivity contribution in [2.24, 2.45) is 0 Å². The van der Waals surface area contributed by atoms with Gasteiger partial charge in [0.05, 0.1) is 12.8 Å². The lowest BCUT2D eigenvalue weighted by atomic mass is 10.1. The Labute approximate surface area is 129 Å². The Morgan fingerprint density at radius 2 is 2.13 bits per heavy atom. The number of aromatic nitrogens is 2. The van der Waals surface area contributed by atoms with Crippen molar-refractivity contribution in [1.82, 2.24) is 10.1 Å². The maximum absolute atomic E-state index is 12.5. The molecule has 0 aliphatic rings. The Bertz CT molecular complexity index is 698. The summed E-state index contributed by atoms with van der Waals surface area (Å²) in [4.78, 5) is 14.9. The molecule has 0 saturated carbocycles. The van der Waals surface area contributed by atoms with Gasteiger partial charge < -0.3 is 14.6 Å². The molecular formula is C14H14F3N3O3. The number of methoxy groups -OCH3 is 1. The Morgan fingerprint density at radius 1 is 1.39 bits per heavy atom. The summed E-state index contributed by atoms with van der Waals surface area (Å²) in [5.74, 6) is -1.54. The summed E-state index contributed by atoms with van der Waals surface area (Å²) >= 11 is 0. The van der Waals surface area contributed by atoms with Crippen LogP contribution in [-0.4, -0.2) is 23.2 Å². The maximum Gasteiger partial charge on any atom is 0.471 e. The number of anilines is 1. The molecule has 0 saturated heterocycles. The quantitative estimate of drug-likeness (QED) is 0.908. The fourth-order valence-corrected chi connectivity index (χ4v) is 1.83. The number of alkyl halides is 3. The van der Waals surface area contributed by atoms with Gasteiger partial charge in [0, 0.05) is 12.0 Å². The third kappa shape index (κ3) is 3.99. The van der Waals surface area contributed by atoms with Crippen LogP contribution in [0.5, 0.6) is 5.75 Å². The second-order valence-corrected chi connectivity index (χ2v) is 4.63. The molecule has 2 rings (SSSR count). The fraction of sp³-hybridized carbons (Fsp3) is 0.357. The molecule has 1 aromatic carbocycles. The predicted octanol–water partition coefficient (Wildman–Crippen LogP) is 3.50. The Balaban J connectivity index is 2.28. The normalized spacial score (nSPS) is 11.3. The van der Waals surface area contributed by atoms with E-state index in [1.165, 1.54) is 25.3 Å². The number of rotatable bonds is 5. The number of hydrogen-bond acceptors (Lipinski definition) is 5. The minimum Gasteiger partial charge on any atom is -0.495 e. The first kappa shape index (κ1) is 16.8. The summed E-state index contributed by atoms with van der Waals surface area (Å²) in [5.41, 5.74) is 0.684.